The van der Waals surface area contributed by atoms with Gasteiger partial charge in [0, 0.05) is 0 Å². The van der Waals surface area contributed by atoms with Crippen molar-refractivity contribution in [3.8, 4) is 16.9 Å². The van der Waals surface area contributed by atoms with Gasteiger partial charge in [0.2, 0.25) is 6.29 Å². The summed E-state index contributed by atoms with van der Waals surface area (Å²) in [5.41, 5.74) is 1.98. The maximum Gasteiger partial charge on any atom is 0.335 e. The maximum absolute atomic E-state index is 11.1. The Morgan fingerprint density at radius 3 is 2.04 bits per heavy atom. The summed E-state index contributed by atoms with van der Waals surface area (Å²) in [5.74, 6) is -1.12. The molecule has 1 fully saturated rings. The number of aliphatic hydroxyl groups excluding tert-OH is 3. The lowest BCUT2D eigenvalue weighted by Gasteiger charge is -2.38. The van der Waals surface area contributed by atoms with Gasteiger partial charge in [-0.25, -0.2) is 4.79 Å². The summed E-state index contributed by atoms with van der Waals surface area (Å²) in [5, 5.41) is 38.4. The van der Waals surface area contributed by atoms with Gasteiger partial charge in [0.25, 0.3) is 0 Å². The fourth-order valence-corrected chi connectivity index (χ4v) is 2.64. The second-order valence-electron chi connectivity index (χ2n) is 5.74. The largest absolute Gasteiger partial charge is 0.479 e. The molecule has 7 heteroatoms. The first-order valence-electron chi connectivity index (χ1n) is 7.72. The lowest BCUT2D eigenvalue weighted by molar-refractivity contribution is -0.271. The molecule has 7 nitrogen and oxygen atoms in total. The molecule has 25 heavy (non-hydrogen) atoms. The summed E-state index contributed by atoms with van der Waals surface area (Å²) in [4.78, 5) is 11.1. The Kier molecular flexibility index (Phi) is 5.00. The smallest absolute Gasteiger partial charge is 0.335 e. The Balaban J connectivity index is 1.74. The van der Waals surface area contributed by atoms with Gasteiger partial charge in [-0.1, -0.05) is 42.5 Å². The van der Waals surface area contributed by atoms with Gasteiger partial charge in [-0.05, 0) is 23.3 Å². The molecule has 0 aromatic heterocycles. The SMILES string of the molecule is O=C(O)[C@H]1OC(Oc2ccc(-c3ccccc3)cc2)[C@H](O)[C@@H](O)[C@@H]1O. The van der Waals surface area contributed by atoms with Crippen molar-refractivity contribution in [2.45, 2.75) is 30.7 Å². The minimum absolute atomic E-state index is 0.330. The van der Waals surface area contributed by atoms with Crippen molar-refractivity contribution in [2.75, 3.05) is 0 Å². The molecular weight excluding hydrogens is 328 g/mol. The van der Waals surface area contributed by atoms with E-state index < -0.39 is 36.7 Å². The third-order valence-corrected chi connectivity index (χ3v) is 4.03. The van der Waals surface area contributed by atoms with Crippen LogP contribution in [0.1, 0.15) is 0 Å². The van der Waals surface area contributed by atoms with E-state index in [0.717, 1.165) is 11.1 Å². The third-order valence-electron chi connectivity index (χ3n) is 4.03. The topological polar surface area (TPSA) is 116 Å². The number of hydrogen-bond acceptors (Lipinski definition) is 6. The Morgan fingerprint density at radius 2 is 1.44 bits per heavy atom. The molecule has 1 saturated heterocycles. The van der Waals surface area contributed by atoms with Crippen LogP contribution in [-0.4, -0.2) is 57.1 Å². The molecular formula is C18H18O7. The highest BCUT2D eigenvalue weighted by atomic mass is 16.7. The molecule has 1 unspecified atom stereocenters. The van der Waals surface area contributed by atoms with Crippen LogP contribution in [-0.2, 0) is 9.53 Å². The van der Waals surface area contributed by atoms with Crippen molar-refractivity contribution in [3.63, 3.8) is 0 Å². The summed E-state index contributed by atoms with van der Waals surface area (Å²) in [6.45, 7) is 0. The maximum atomic E-state index is 11.1. The molecule has 132 valence electrons. The second kappa shape index (κ2) is 7.20. The second-order valence-corrected chi connectivity index (χ2v) is 5.74. The van der Waals surface area contributed by atoms with Crippen LogP contribution in [0.3, 0.4) is 0 Å². The summed E-state index contributed by atoms with van der Waals surface area (Å²) in [6, 6.07) is 16.6. The highest BCUT2D eigenvalue weighted by Gasteiger charge is 2.48. The number of carboxylic acids is 1. The van der Waals surface area contributed by atoms with Crippen molar-refractivity contribution in [1.29, 1.82) is 0 Å². The molecule has 2 aromatic rings. The molecule has 5 atom stereocenters. The average molecular weight is 346 g/mol. The number of carboxylic acid groups (broad SMARTS) is 1. The van der Waals surface area contributed by atoms with E-state index >= 15 is 0 Å². The van der Waals surface area contributed by atoms with E-state index in [0.29, 0.717) is 5.75 Å². The van der Waals surface area contributed by atoms with Crippen molar-refractivity contribution in [2.24, 2.45) is 0 Å². The molecule has 2 aromatic carbocycles. The first-order chi connectivity index (χ1) is 12.0. The molecule has 0 saturated carbocycles. The summed E-state index contributed by atoms with van der Waals surface area (Å²) < 4.78 is 10.5. The monoisotopic (exact) mass is 346 g/mol. The van der Waals surface area contributed by atoms with Crippen LogP contribution in [0.25, 0.3) is 11.1 Å². The van der Waals surface area contributed by atoms with E-state index in [4.69, 9.17) is 14.6 Å². The zero-order chi connectivity index (χ0) is 18.0. The van der Waals surface area contributed by atoms with E-state index in [9.17, 15) is 20.1 Å². The number of carbonyl (C=O) groups is 1. The lowest BCUT2D eigenvalue weighted by Crippen LogP contribution is -2.61. The quantitative estimate of drug-likeness (QED) is 0.641. The van der Waals surface area contributed by atoms with Crippen LogP contribution in [0.2, 0.25) is 0 Å². The standard InChI is InChI=1S/C18H18O7/c19-13-14(20)16(17(22)23)25-18(15(13)21)24-12-8-6-11(7-9-12)10-4-2-1-3-5-10/h1-9,13-16,18-21H,(H,22,23)/t13-,14-,15+,16-,18?/m0/s1. The predicted molar refractivity (Wildman–Crippen MR) is 86.8 cm³/mol. The molecule has 0 bridgehead atoms. The first kappa shape index (κ1) is 17.4. The summed E-state index contributed by atoms with van der Waals surface area (Å²) >= 11 is 0. The zero-order valence-corrected chi connectivity index (χ0v) is 13.1. The van der Waals surface area contributed by atoms with Crippen molar-refractivity contribution in [1.82, 2.24) is 0 Å². The lowest BCUT2D eigenvalue weighted by atomic mass is 9.99. The van der Waals surface area contributed by atoms with E-state index in [-0.39, 0.29) is 0 Å². The van der Waals surface area contributed by atoms with Gasteiger partial charge in [-0.15, -0.1) is 0 Å². The van der Waals surface area contributed by atoms with Gasteiger partial charge >= 0.3 is 5.97 Å². The molecule has 0 spiro atoms. The molecule has 1 heterocycles. The van der Waals surface area contributed by atoms with Gasteiger partial charge < -0.3 is 29.9 Å². The van der Waals surface area contributed by atoms with Gasteiger partial charge in [-0.2, -0.15) is 0 Å². The van der Waals surface area contributed by atoms with Crippen LogP contribution in [0, 0.1) is 0 Å². The van der Waals surface area contributed by atoms with Crippen LogP contribution in [0.5, 0.6) is 5.75 Å². The molecule has 4 N–H and O–H groups in total. The van der Waals surface area contributed by atoms with Gasteiger partial charge in [0.15, 0.2) is 6.10 Å². The number of aliphatic carboxylic acids is 1. The minimum Gasteiger partial charge on any atom is -0.479 e. The van der Waals surface area contributed by atoms with Crippen LogP contribution < -0.4 is 4.74 Å². The van der Waals surface area contributed by atoms with Gasteiger partial charge in [0.1, 0.15) is 24.1 Å². The summed E-state index contributed by atoms with van der Waals surface area (Å²) in [7, 11) is 0. The Morgan fingerprint density at radius 1 is 0.840 bits per heavy atom. The fourth-order valence-electron chi connectivity index (χ4n) is 2.64. The molecule has 0 amide bonds. The van der Waals surface area contributed by atoms with E-state index in [1.165, 1.54) is 0 Å². The van der Waals surface area contributed by atoms with Crippen LogP contribution in [0.15, 0.2) is 54.6 Å². The number of benzene rings is 2. The normalized spacial score (nSPS) is 29.2. The van der Waals surface area contributed by atoms with E-state index in [2.05, 4.69) is 0 Å². The van der Waals surface area contributed by atoms with E-state index in [1.54, 1.807) is 24.3 Å². The van der Waals surface area contributed by atoms with Gasteiger partial charge in [0.05, 0.1) is 0 Å². The molecule has 1 aliphatic rings. The minimum atomic E-state index is -1.74. The van der Waals surface area contributed by atoms with Crippen LogP contribution in [0.4, 0.5) is 0 Å². The average Bonchev–Trinajstić information content (AvgIpc) is 2.63. The third kappa shape index (κ3) is 3.64. The molecule has 1 aliphatic heterocycles. The molecule has 0 aliphatic carbocycles. The van der Waals surface area contributed by atoms with Crippen molar-refractivity contribution in [3.05, 3.63) is 54.6 Å². The Labute approximate surface area is 143 Å². The zero-order valence-electron chi connectivity index (χ0n) is 13.1. The predicted octanol–water partition coefficient (Wildman–Crippen LogP) is 0.625. The van der Waals surface area contributed by atoms with Crippen molar-refractivity contribution < 1.29 is 34.7 Å². The van der Waals surface area contributed by atoms with E-state index in [1.807, 2.05) is 30.3 Å². The molecule has 0 radical (unpaired) electrons. The van der Waals surface area contributed by atoms with Crippen LogP contribution >= 0.6 is 0 Å². The Hall–Kier alpha value is -2.45. The number of aliphatic hydroxyl groups is 3. The number of ether oxygens (including phenoxy) is 2. The fraction of sp³-hybridized carbons (Fsp3) is 0.278. The summed E-state index contributed by atoms with van der Waals surface area (Å²) in [6.07, 6.45) is -8.12. The highest BCUT2D eigenvalue weighted by molar-refractivity contribution is 5.73. The first-order valence-corrected chi connectivity index (χ1v) is 7.72. The number of hydrogen-bond donors (Lipinski definition) is 4. The van der Waals surface area contributed by atoms with Gasteiger partial charge in [-0.3, -0.25) is 0 Å². The molecule has 3 rings (SSSR count). The number of rotatable bonds is 4. The van der Waals surface area contributed by atoms with Crippen molar-refractivity contribution >= 4 is 5.97 Å². The highest BCUT2D eigenvalue weighted by Crippen LogP contribution is 2.26. The Bertz CT molecular complexity index is 716.